The van der Waals surface area contributed by atoms with Crippen molar-refractivity contribution in [2.75, 3.05) is 12.8 Å². The molecule has 0 saturated carbocycles. The molecule has 0 aliphatic carbocycles. The van der Waals surface area contributed by atoms with E-state index in [-0.39, 0.29) is 0 Å². The number of hydrogen-bond acceptors (Lipinski definition) is 3. The molecule has 0 radical (unpaired) electrons. The number of rotatable bonds is 4. The monoisotopic (exact) mass is 463 g/mol. The van der Waals surface area contributed by atoms with E-state index in [0.717, 1.165) is 24.7 Å². The van der Waals surface area contributed by atoms with Crippen LogP contribution in [0.4, 0.5) is 5.69 Å². The molecular weight excluding hydrogens is 454 g/mol. The number of benzene rings is 2. The third-order valence-electron chi connectivity index (χ3n) is 2.65. The first kappa shape index (κ1) is 15.7. The Kier molecular flexibility index (Phi) is 5.35. The molecule has 0 fully saturated rings. The zero-order valence-corrected chi connectivity index (χ0v) is 15.4. The lowest BCUT2D eigenvalue weighted by molar-refractivity contribution is 0.293. The Balaban J connectivity index is 2.21. The van der Waals surface area contributed by atoms with Gasteiger partial charge in [-0.05, 0) is 56.1 Å². The number of halogens is 3. The molecule has 2 rings (SSSR count). The van der Waals surface area contributed by atoms with Crippen LogP contribution in [-0.4, -0.2) is 7.11 Å². The third kappa shape index (κ3) is 3.68. The maximum atomic E-state index is 5.86. The van der Waals surface area contributed by atoms with E-state index in [1.54, 1.807) is 13.2 Å². The number of methoxy groups -OCH3 is 1. The van der Waals surface area contributed by atoms with Crippen molar-refractivity contribution in [1.82, 2.24) is 0 Å². The van der Waals surface area contributed by atoms with E-state index in [9.17, 15) is 0 Å². The maximum Gasteiger partial charge on any atom is 0.148 e. The molecule has 2 aromatic carbocycles. The van der Waals surface area contributed by atoms with E-state index in [2.05, 4.69) is 47.8 Å². The molecule has 0 unspecified atom stereocenters. The van der Waals surface area contributed by atoms with Gasteiger partial charge in [0.25, 0.3) is 0 Å². The Labute approximate surface area is 142 Å². The summed E-state index contributed by atoms with van der Waals surface area (Å²) in [6, 6.07) is 9.37. The van der Waals surface area contributed by atoms with Crippen LogP contribution in [0.3, 0.4) is 0 Å². The molecule has 0 aliphatic rings. The van der Waals surface area contributed by atoms with Crippen molar-refractivity contribution in [2.45, 2.75) is 6.61 Å². The van der Waals surface area contributed by atoms with Crippen LogP contribution < -0.4 is 15.2 Å². The molecule has 0 bridgehead atoms. The zero-order valence-electron chi connectivity index (χ0n) is 10.6. The lowest BCUT2D eigenvalue weighted by Crippen LogP contribution is -2.00. The van der Waals surface area contributed by atoms with Crippen LogP contribution in [0.2, 0.25) is 0 Å². The molecule has 0 amide bonds. The maximum absolute atomic E-state index is 5.86. The van der Waals surface area contributed by atoms with Gasteiger partial charge in [0.1, 0.15) is 18.1 Å². The van der Waals surface area contributed by atoms with Gasteiger partial charge in [-0.1, -0.05) is 15.9 Å². The fourth-order valence-electron chi connectivity index (χ4n) is 1.70. The number of anilines is 1. The number of ether oxygens (including phenoxy) is 2. The Morgan fingerprint density at radius 3 is 2.30 bits per heavy atom. The van der Waals surface area contributed by atoms with Gasteiger partial charge in [0.2, 0.25) is 0 Å². The smallest absolute Gasteiger partial charge is 0.148 e. The first-order chi connectivity index (χ1) is 9.51. The van der Waals surface area contributed by atoms with Crippen LogP contribution in [0.15, 0.2) is 43.7 Å². The van der Waals surface area contributed by atoms with Crippen molar-refractivity contribution in [3.63, 3.8) is 0 Å². The molecule has 106 valence electrons. The summed E-state index contributed by atoms with van der Waals surface area (Å²) in [7, 11) is 1.61. The van der Waals surface area contributed by atoms with Crippen molar-refractivity contribution in [3.05, 3.63) is 49.3 Å². The fraction of sp³-hybridized carbons (Fsp3) is 0.143. The molecule has 0 spiro atoms. The summed E-state index contributed by atoms with van der Waals surface area (Å²) >= 11 is 10.4. The lowest BCUT2D eigenvalue weighted by Gasteiger charge is -2.13. The minimum Gasteiger partial charge on any atom is -0.496 e. The Morgan fingerprint density at radius 1 is 1.05 bits per heavy atom. The average molecular weight is 466 g/mol. The van der Waals surface area contributed by atoms with Gasteiger partial charge < -0.3 is 15.2 Å². The molecule has 3 nitrogen and oxygen atoms in total. The van der Waals surface area contributed by atoms with Gasteiger partial charge in [-0.15, -0.1) is 0 Å². The second-order valence-electron chi connectivity index (χ2n) is 4.06. The highest BCUT2D eigenvalue weighted by Crippen LogP contribution is 2.37. The minimum absolute atomic E-state index is 0.391. The SMILES string of the molecule is COc1cc(N)ccc1COc1c(Br)cc(Br)cc1Br. The normalized spacial score (nSPS) is 10.4. The van der Waals surface area contributed by atoms with Crippen molar-refractivity contribution in [1.29, 1.82) is 0 Å². The third-order valence-corrected chi connectivity index (χ3v) is 4.28. The van der Waals surface area contributed by atoms with Crippen LogP contribution >= 0.6 is 47.8 Å². The van der Waals surface area contributed by atoms with Crippen molar-refractivity contribution >= 4 is 53.5 Å². The van der Waals surface area contributed by atoms with Gasteiger partial charge in [-0.2, -0.15) is 0 Å². The predicted molar refractivity (Wildman–Crippen MR) is 91.3 cm³/mol. The zero-order chi connectivity index (χ0) is 14.7. The second kappa shape index (κ2) is 6.83. The fourth-order valence-corrected chi connectivity index (χ4v) is 4.18. The van der Waals surface area contributed by atoms with Crippen molar-refractivity contribution < 1.29 is 9.47 Å². The molecule has 2 N–H and O–H groups in total. The van der Waals surface area contributed by atoms with Crippen molar-refractivity contribution in [3.8, 4) is 11.5 Å². The summed E-state index contributed by atoms with van der Waals surface area (Å²) in [6.45, 7) is 0.391. The first-order valence-electron chi connectivity index (χ1n) is 5.71. The van der Waals surface area contributed by atoms with Crippen molar-refractivity contribution in [2.24, 2.45) is 0 Å². The molecule has 2 aromatic rings. The summed E-state index contributed by atoms with van der Waals surface area (Å²) < 4.78 is 13.9. The number of hydrogen-bond donors (Lipinski definition) is 1. The number of nitrogen functional groups attached to an aromatic ring is 1. The van der Waals surface area contributed by atoms with Gasteiger partial charge in [0.15, 0.2) is 0 Å². The Hall–Kier alpha value is -0.720. The second-order valence-corrected chi connectivity index (χ2v) is 6.68. The van der Waals surface area contributed by atoms with Gasteiger partial charge in [0, 0.05) is 21.8 Å². The molecule has 0 heterocycles. The largest absolute Gasteiger partial charge is 0.496 e. The van der Waals surface area contributed by atoms with Gasteiger partial charge >= 0.3 is 0 Å². The van der Waals surface area contributed by atoms with Gasteiger partial charge in [-0.3, -0.25) is 0 Å². The highest BCUT2D eigenvalue weighted by atomic mass is 79.9. The standard InChI is InChI=1S/C14H12Br3NO2/c1-19-13-6-10(18)3-2-8(13)7-20-14-11(16)4-9(15)5-12(14)17/h2-6H,7,18H2,1H3. The Bertz CT molecular complexity index is 609. The summed E-state index contributed by atoms with van der Waals surface area (Å²) in [6.07, 6.45) is 0. The number of nitrogens with two attached hydrogens (primary N) is 1. The van der Waals surface area contributed by atoms with Crippen LogP contribution in [0.5, 0.6) is 11.5 Å². The van der Waals surface area contributed by atoms with Crippen LogP contribution in [0.1, 0.15) is 5.56 Å². The summed E-state index contributed by atoms with van der Waals surface area (Å²) in [5.74, 6) is 1.46. The van der Waals surface area contributed by atoms with E-state index < -0.39 is 0 Å². The van der Waals surface area contributed by atoms with Gasteiger partial charge in [-0.25, -0.2) is 0 Å². The highest BCUT2D eigenvalue weighted by Gasteiger charge is 2.10. The highest BCUT2D eigenvalue weighted by molar-refractivity contribution is 9.11. The summed E-state index contributed by atoms with van der Waals surface area (Å²) in [5, 5.41) is 0. The molecule has 0 atom stereocenters. The van der Waals surface area contributed by atoms with Crippen LogP contribution in [0, 0.1) is 0 Å². The molecular formula is C14H12Br3NO2. The quantitative estimate of drug-likeness (QED) is 0.635. The van der Waals surface area contributed by atoms with E-state index in [4.69, 9.17) is 15.2 Å². The van der Waals surface area contributed by atoms with E-state index >= 15 is 0 Å². The molecule has 6 heteroatoms. The molecule has 0 aliphatic heterocycles. The predicted octanol–water partition coefficient (Wildman–Crippen LogP) is 5.14. The average Bonchev–Trinajstić information content (AvgIpc) is 2.38. The molecule has 0 aromatic heterocycles. The van der Waals surface area contributed by atoms with E-state index in [1.807, 2.05) is 24.3 Å². The summed E-state index contributed by atoms with van der Waals surface area (Å²) in [5.41, 5.74) is 7.33. The van der Waals surface area contributed by atoms with E-state index in [0.29, 0.717) is 18.0 Å². The molecule has 0 saturated heterocycles. The lowest BCUT2D eigenvalue weighted by atomic mass is 10.2. The topological polar surface area (TPSA) is 44.5 Å². The minimum atomic E-state index is 0.391. The first-order valence-corrected chi connectivity index (χ1v) is 8.09. The Morgan fingerprint density at radius 2 is 1.70 bits per heavy atom. The summed E-state index contributed by atoms with van der Waals surface area (Å²) in [4.78, 5) is 0. The molecule has 20 heavy (non-hydrogen) atoms. The van der Waals surface area contributed by atoms with Gasteiger partial charge in [0.05, 0.1) is 16.1 Å². The van der Waals surface area contributed by atoms with Crippen LogP contribution in [0.25, 0.3) is 0 Å². The van der Waals surface area contributed by atoms with E-state index in [1.165, 1.54) is 0 Å². The van der Waals surface area contributed by atoms with Crippen LogP contribution in [-0.2, 0) is 6.61 Å².